The number of likely N-dealkylation sites (tertiary alicyclic amines) is 1. The van der Waals surface area contributed by atoms with Crippen LogP contribution in [0.3, 0.4) is 0 Å². The summed E-state index contributed by atoms with van der Waals surface area (Å²) < 4.78 is 0. The van der Waals surface area contributed by atoms with Crippen LogP contribution in [0.5, 0.6) is 0 Å². The number of piperidine rings is 1. The molecule has 1 N–H and O–H groups in total. The Hall–Kier alpha value is -3.47. The molecule has 2 aromatic carbocycles. The second-order valence-electron chi connectivity index (χ2n) is 7.87. The number of nitrogens with zero attached hydrogens (tertiary/aromatic N) is 2. The zero-order valence-electron chi connectivity index (χ0n) is 19.9. The number of anilines is 1. The highest BCUT2D eigenvalue weighted by molar-refractivity contribution is 5.95. The summed E-state index contributed by atoms with van der Waals surface area (Å²) in [5, 5.41) is 2.94. The van der Waals surface area contributed by atoms with Crippen LogP contribution in [-0.4, -0.2) is 36.0 Å². The minimum atomic E-state index is 0.0463. The van der Waals surface area contributed by atoms with Crippen LogP contribution < -0.4 is 5.32 Å². The van der Waals surface area contributed by atoms with Crippen LogP contribution in [0.1, 0.15) is 56.0 Å². The largest absolute Gasteiger partial charge is 0.339 e. The molecule has 1 fully saturated rings. The first-order valence-electron chi connectivity index (χ1n) is 11.5. The Morgan fingerprint density at radius 1 is 1.00 bits per heavy atom. The number of aliphatic imine (C=N–C) groups is 1. The van der Waals surface area contributed by atoms with Crippen molar-refractivity contribution in [1.82, 2.24) is 4.90 Å². The van der Waals surface area contributed by atoms with E-state index >= 15 is 0 Å². The van der Waals surface area contributed by atoms with Crippen LogP contribution in [0.25, 0.3) is 6.08 Å². The van der Waals surface area contributed by atoms with Gasteiger partial charge in [-0.15, -0.1) is 0 Å². The first-order chi connectivity index (χ1) is 16.1. The summed E-state index contributed by atoms with van der Waals surface area (Å²) >= 11 is 0. The predicted octanol–water partition coefficient (Wildman–Crippen LogP) is 6.21. The normalized spacial score (nSPS) is 14.5. The van der Waals surface area contributed by atoms with Gasteiger partial charge in [0.25, 0.3) is 5.91 Å². The van der Waals surface area contributed by atoms with Crippen LogP contribution >= 0.6 is 0 Å². The van der Waals surface area contributed by atoms with E-state index in [9.17, 15) is 9.59 Å². The molecule has 5 nitrogen and oxygen atoms in total. The molecule has 0 bridgehead atoms. The maximum atomic E-state index is 12.7. The fraction of sp³-hybridized carbons (Fsp3) is 0.321. The van der Waals surface area contributed by atoms with Gasteiger partial charge in [0.05, 0.1) is 0 Å². The van der Waals surface area contributed by atoms with E-state index in [1.54, 1.807) is 12.4 Å². The van der Waals surface area contributed by atoms with Crippen molar-refractivity contribution >= 4 is 29.8 Å². The molecule has 5 heteroatoms. The second-order valence-corrected chi connectivity index (χ2v) is 7.87. The molecule has 2 amide bonds. The summed E-state index contributed by atoms with van der Waals surface area (Å²) in [6.45, 7) is 7.20. The summed E-state index contributed by atoms with van der Waals surface area (Å²) in [5.74, 6) is 0.450. The number of rotatable bonds is 6. The molecule has 1 aliphatic rings. The monoisotopic (exact) mass is 445 g/mol. The van der Waals surface area contributed by atoms with E-state index in [0.29, 0.717) is 25.4 Å². The van der Waals surface area contributed by atoms with Crippen LogP contribution in [0, 0.1) is 5.92 Å². The van der Waals surface area contributed by atoms with Gasteiger partial charge in [0.15, 0.2) is 0 Å². The number of hydrogen-bond acceptors (Lipinski definition) is 3. The van der Waals surface area contributed by atoms with Crippen LogP contribution in [0.15, 0.2) is 77.9 Å². The number of hydrogen-bond donors (Lipinski definition) is 1. The minimum Gasteiger partial charge on any atom is -0.339 e. The van der Waals surface area contributed by atoms with Crippen LogP contribution in [0.2, 0.25) is 0 Å². The van der Waals surface area contributed by atoms with Gasteiger partial charge in [0.2, 0.25) is 5.91 Å². The maximum Gasteiger partial charge on any atom is 0.253 e. The number of carbonyl (C=O) groups excluding carboxylic acids is 2. The van der Waals surface area contributed by atoms with Gasteiger partial charge >= 0.3 is 0 Å². The zero-order chi connectivity index (χ0) is 23.9. The molecular formula is C28H35N3O2. The molecule has 0 aliphatic carbocycles. The lowest BCUT2D eigenvalue weighted by Gasteiger charge is -2.32. The number of benzene rings is 2. The molecule has 1 aliphatic heterocycles. The number of nitrogens with one attached hydrogen (secondary N) is 1. The van der Waals surface area contributed by atoms with E-state index in [1.807, 2.05) is 98.5 Å². The molecular weight excluding hydrogens is 410 g/mol. The van der Waals surface area contributed by atoms with Crippen molar-refractivity contribution in [1.29, 1.82) is 0 Å². The average Bonchev–Trinajstić information content (AvgIpc) is 2.84. The predicted molar refractivity (Wildman–Crippen MR) is 138 cm³/mol. The fourth-order valence-corrected chi connectivity index (χ4v) is 3.66. The molecule has 1 saturated heterocycles. The Kier molecular flexibility index (Phi) is 11.4. The number of allylic oxidation sites excluding steroid dienone is 2. The Morgan fingerprint density at radius 3 is 2.33 bits per heavy atom. The second kappa shape index (κ2) is 14.6. The highest BCUT2D eigenvalue weighted by atomic mass is 16.2. The molecule has 0 unspecified atom stereocenters. The van der Waals surface area contributed by atoms with Gasteiger partial charge in [-0.25, -0.2) is 0 Å². The lowest BCUT2D eigenvalue weighted by Crippen LogP contribution is -2.39. The summed E-state index contributed by atoms with van der Waals surface area (Å²) in [4.78, 5) is 30.7. The van der Waals surface area contributed by atoms with Gasteiger partial charge in [-0.2, -0.15) is 0 Å². The first kappa shape index (κ1) is 25.8. The Morgan fingerprint density at radius 2 is 1.73 bits per heavy atom. The molecule has 3 rings (SSSR count). The third-order valence-electron chi connectivity index (χ3n) is 5.31. The summed E-state index contributed by atoms with van der Waals surface area (Å²) in [5.41, 5.74) is 2.60. The quantitative estimate of drug-likeness (QED) is 0.537. The van der Waals surface area contributed by atoms with Gasteiger partial charge in [-0.3, -0.25) is 14.6 Å². The first-order valence-corrected chi connectivity index (χ1v) is 11.5. The molecule has 0 spiro atoms. The Labute approximate surface area is 197 Å². The number of amides is 2. The maximum absolute atomic E-state index is 12.7. The van der Waals surface area contributed by atoms with Crippen molar-refractivity contribution < 1.29 is 9.59 Å². The van der Waals surface area contributed by atoms with E-state index in [-0.39, 0.29) is 11.8 Å². The molecule has 33 heavy (non-hydrogen) atoms. The average molecular weight is 446 g/mol. The van der Waals surface area contributed by atoms with Crippen molar-refractivity contribution in [2.45, 2.75) is 40.0 Å². The van der Waals surface area contributed by atoms with E-state index in [4.69, 9.17) is 0 Å². The number of para-hydroxylation sites is 1. The van der Waals surface area contributed by atoms with Crippen molar-refractivity contribution in [3.8, 4) is 0 Å². The topological polar surface area (TPSA) is 61.8 Å². The van der Waals surface area contributed by atoms with Gasteiger partial charge in [-0.1, -0.05) is 48.6 Å². The Bertz CT molecular complexity index is 946. The standard InChI is InChI=1S/C23H26N2O2.C5H9N/c1-2-7-18-8-6-9-20(16-18)23(27)25-14-12-19(13-15-25)17-22(26)24-21-10-4-3-5-11-21;1-3-5-6-4-2/h2-11,16,19H,12-15,17H2,1H3,(H,24,26);3-5H,1-2H3/b7-2+;5-3-,6-4?. The molecule has 0 atom stereocenters. The summed E-state index contributed by atoms with van der Waals surface area (Å²) in [7, 11) is 0. The molecule has 174 valence electrons. The molecule has 0 radical (unpaired) electrons. The van der Waals surface area contributed by atoms with Crippen molar-refractivity contribution in [2.75, 3.05) is 18.4 Å². The Balaban J connectivity index is 0.000000569. The van der Waals surface area contributed by atoms with E-state index in [0.717, 1.165) is 29.7 Å². The minimum absolute atomic E-state index is 0.0463. The lowest BCUT2D eigenvalue weighted by atomic mass is 9.92. The molecule has 2 aromatic rings. The third-order valence-corrected chi connectivity index (χ3v) is 5.31. The molecule has 0 aromatic heterocycles. The summed E-state index contributed by atoms with van der Waals surface area (Å²) in [6.07, 6.45) is 11.6. The van der Waals surface area contributed by atoms with Crippen molar-refractivity contribution in [3.63, 3.8) is 0 Å². The van der Waals surface area contributed by atoms with Gasteiger partial charge < -0.3 is 10.2 Å². The highest BCUT2D eigenvalue weighted by Crippen LogP contribution is 2.23. The summed E-state index contributed by atoms with van der Waals surface area (Å²) in [6, 6.07) is 17.2. The molecule has 1 heterocycles. The van der Waals surface area contributed by atoms with E-state index in [2.05, 4.69) is 10.3 Å². The highest BCUT2D eigenvalue weighted by Gasteiger charge is 2.25. The van der Waals surface area contributed by atoms with Gasteiger partial charge in [0, 0.05) is 43.2 Å². The van der Waals surface area contributed by atoms with Crippen molar-refractivity contribution in [2.24, 2.45) is 10.9 Å². The fourth-order valence-electron chi connectivity index (χ4n) is 3.66. The van der Waals surface area contributed by atoms with E-state index in [1.165, 1.54) is 0 Å². The van der Waals surface area contributed by atoms with Gasteiger partial charge in [-0.05, 0) is 69.4 Å². The third kappa shape index (κ3) is 9.27. The van der Waals surface area contributed by atoms with Crippen LogP contribution in [-0.2, 0) is 4.79 Å². The van der Waals surface area contributed by atoms with Crippen molar-refractivity contribution in [3.05, 3.63) is 84.1 Å². The SMILES string of the molecule is C/C=C/c1cccc(C(=O)N2CCC(CC(=O)Nc3ccccc3)CC2)c1.CC=N/C=C\C. The van der Waals surface area contributed by atoms with Gasteiger partial charge in [0.1, 0.15) is 0 Å². The number of carbonyl (C=O) groups is 2. The zero-order valence-corrected chi connectivity index (χ0v) is 19.9. The lowest BCUT2D eigenvalue weighted by molar-refractivity contribution is -0.117. The van der Waals surface area contributed by atoms with E-state index < -0.39 is 0 Å². The smallest absolute Gasteiger partial charge is 0.253 e. The van der Waals surface area contributed by atoms with Crippen LogP contribution in [0.4, 0.5) is 5.69 Å². The molecule has 0 saturated carbocycles.